The Bertz CT molecular complexity index is 2920. The van der Waals surface area contributed by atoms with Crippen LogP contribution in [0.15, 0.2) is 158 Å². The van der Waals surface area contributed by atoms with Gasteiger partial charge < -0.3 is 9.46 Å². The summed E-state index contributed by atoms with van der Waals surface area (Å²) in [6, 6.07) is 45.9. The second-order valence-electron chi connectivity index (χ2n) is 15.6. The zero-order chi connectivity index (χ0) is 45.6. The Morgan fingerprint density at radius 1 is 0.444 bits per heavy atom. The van der Waals surface area contributed by atoms with E-state index in [1.165, 1.54) is 6.07 Å². The van der Waals surface area contributed by atoms with Gasteiger partial charge in [-0.25, -0.2) is 0 Å². The third kappa shape index (κ3) is 9.10. The summed E-state index contributed by atoms with van der Waals surface area (Å²) in [6.07, 6.45) is 0.539. The molecule has 0 radical (unpaired) electrons. The van der Waals surface area contributed by atoms with Gasteiger partial charge in [0, 0.05) is 49.3 Å². The van der Waals surface area contributed by atoms with Crippen LogP contribution < -0.4 is 15.9 Å². The van der Waals surface area contributed by atoms with Gasteiger partial charge in [-0.3, -0.25) is 23.7 Å². The molecule has 7 rings (SSSR count). The average Bonchev–Trinajstić information content (AvgIpc) is 3.29. The van der Waals surface area contributed by atoms with E-state index in [9.17, 15) is 33.2 Å². The van der Waals surface area contributed by atoms with E-state index >= 15 is 0 Å². The van der Waals surface area contributed by atoms with Gasteiger partial charge in [0.25, 0.3) is 12.9 Å². The van der Waals surface area contributed by atoms with Crippen molar-refractivity contribution in [1.82, 2.24) is 0 Å². The van der Waals surface area contributed by atoms with E-state index in [0.29, 0.717) is 72.7 Å². The highest BCUT2D eigenvalue weighted by Gasteiger charge is 2.39. The molecule has 0 aliphatic carbocycles. The molecule has 1 atom stereocenters. The van der Waals surface area contributed by atoms with E-state index in [0.717, 1.165) is 11.1 Å². The van der Waals surface area contributed by atoms with Crippen LogP contribution >= 0.6 is 14.5 Å². The van der Waals surface area contributed by atoms with Crippen LogP contribution in [0.5, 0.6) is 0 Å². The quantitative estimate of drug-likeness (QED) is 0.0958. The summed E-state index contributed by atoms with van der Waals surface area (Å²) in [5, 5.41) is 1.13. The Labute approximate surface area is 369 Å². The van der Waals surface area contributed by atoms with E-state index in [-0.39, 0.29) is 22.4 Å². The maximum absolute atomic E-state index is 14.6. The molecule has 318 valence electrons. The molecule has 1 N–H and O–H groups in total. The molecule has 1 unspecified atom stereocenters. The second-order valence-corrected chi connectivity index (χ2v) is 20.3. The Balaban J connectivity index is 0.000000211. The second kappa shape index (κ2) is 19.4. The molecule has 7 aromatic carbocycles. The van der Waals surface area contributed by atoms with Gasteiger partial charge in [-0.2, -0.15) is 0 Å². The third-order valence-electron chi connectivity index (χ3n) is 11.4. The fraction of sp³-hybridized carbons (Fsp3) is 0.148. The molecule has 0 aromatic heterocycles. The first-order valence-corrected chi connectivity index (χ1v) is 24.1. The number of rotatable bonds is 12. The van der Waals surface area contributed by atoms with E-state index in [1.54, 1.807) is 130 Å². The number of ketones is 2. The molecule has 7 aromatic rings. The number of hydrogen-bond donors (Lipinski definition) is 1. The number of carbonyl (C=O) groups is 4. The highest BCUT2D eigenvalue weighted by molar-refractivity contribution is 7.93. The molecular weight excluding hydrogens is 823 g/mol. The van der Waals surface area contributed by atoms with Crippen molar-refractivity contribution in [2.24, 2.45) is 0 Å². The highest BCUT2D eigenvalue weighted by atomic mass is 31.2. The van der Waals surface area contributed by atoms with Crippen LogP contribution in [0.4, 0.5) is 0 Å². The predicted molar refractivity (Wildman–Crippen MR) is 255 cm³/mol. The van der Waals surface area contributed by atoms with Gasteiger partial charge in [0.1, 0.15) is 0 Å². The molecule has 63 heavy (non-hydrogen) atoms. The van der Waals surface area contributed by atoms with Crippen molar-refractivity contribution in [2.75, 3.05) is 0 Å². The minimum Gasteiger partial charge on any atom is -0.336 e. The lowest BCUT2D eigenvalue weighted by Crippen LogP contribution is -2.24. The van der Waals surface area contributed by atoms with Crippen LogP contribution in [0.3, 0.4) is 0 Å². The van der Waals surface area contributed by atoms with Crippen molar-refractivity contribution in [3.8, 4) is 0 Å². The standard InChI is InChI=1S/C29H25O3P.C25H25O4P/c1-20-19-21(2)27(22(3)26(20)28(30)23-13-7-4-8-14-23)29(31)33(32,24-15-9-5-10-16-24)25-17-11-6-12-18-25;1-5-19-11-9-10-14-21(19)30(28,29)25(27)23-17(3)15-16(2)22(18(23)4)24(26)20-12-7-6-8-13-20/h4-19H,1-3H3;6-15H,5H2,1-4H3,(H,28,29). The summed E-state index contributed by atoms with van der Waals surface area (Å²) < 4.78 is 28.0. The van der Waals surface area contributed by atoms with Crippen LogP contribution in [0, 0.1) is 41.5 Å². The number of carbonyl (C=O) groups excluding carboxylic acids is 4. The molecule has 0 heterocycles. The number of aryl methyl sites for hydroxylation is 5. The molecule has 0 aliphatic heterocycles. The molecule has 0 aliphatic rings. The topological polar surface area (TPSA) is 123 Å². The van der Waals surface area contributed by atoms with E-state index in [2.05, 4.69) is 0 Å². The molecule has 0 bridgehead atoms. The Morgan fingerprint density at radius 3 is 1.17 bits per heavy atom. The van der Waals surface area contributed by atoms with Crippen LogP contribution in [0.25, 0.3) is 0 Å². The molecule has 9 heteroatoms. The number of hydrogen-bond acceptors (Lipinski definition) is 6. The molecule has 0 fully saturated rings. The maximum Gasteiger partial charge on any atom is 0.298 e. The normalized spacial score (nSPS) is 12.1. The van der Waals surface area contributed by atoms with Crippen molar-refractivity contribution in [1.29, 1.82) is 0 Å². The minimum atomic E-state index is -4.35. The molecular formula is C54H50O7P2. The Hall–Kier alpha value is -6.36. The molecule has 0 saturated heterocycles. The largest absolute Gasteiger partial charge is 0.336 e. The Morgan fingerprint density at radius 2 is 0.778 bits per heavy atom. The molecule has 7 nitrogen and oxygen atoms in total. The summed E-state index contributed by atoms with van der Waals surface area (Å²) in [5.41, 5.74) is 5.69. The van der Waals surface area contributed by atoms with Gasteiger partial charge in [-0.15, -0.1) is 0 Å². The molecule has 0 saturated carbocycles. The summed E-state index contributed by atoms with van der Waals surface area (Å²) in [6.45, 7) is 12.6. The maximum atomic E-state index is 14.6. The first-order chi connectivity index (χ1) is 30.0. The summed E-state index contributed by atoms with van der Waals surface area (Å²) in [7, 11) is -8.03. The van der Waals surface area contributed by atoms with Gasteiger partial charge in [0.05, 0.1) is 0 Å². The lowest BCUT2D eigenvalue weighted by Gasteiger charge is -2.22. The third-order valence-corrected chi connectivity index (χ3v) is 16.1. The summed E-state index contributed by atoms with van der Waals surface area (Å²) in [5.74, 6) is -0.352. The minimum absolute atomic E-state index is 0.145. The lowest BCUT2D eigenvalue weighted by atomic mass is 9.89. The summed E-state index contributed by atoms with van der Waals surface area (Å²) in [4.78, 5) is 65.0. The first kappa shape index (κ1) is 46.2. The first-order valence-electron chi connectivity index (χ1n) is 20.7. The number of benzene rings is 7. The van der Waals surface area contributed by atoms with E-state index < -0.39 is 25.6 Å². The zero-order valence-corrected chi connectivity index (χ0v) is 38.3. The van der Waals surface area contributed by atoms with Crippen molar-refractivity contribution in [3.63, 3.8) is 0 Å². The fourth-order valence-electron chi connectivity index (χ4n) is 8.38. The highest BCUT2D eigenvalue weighted by Crippen LogP contribution is 2.49. The van der Waals surface area contributed by atoms with Crippen molar-refractivity contribution in [2.45, 2.75) is 54.9 Å². The lowest BCUT2D eigenvalue weighted by molar-refractivity contribution is 0.102. The van der Waals surface area contributed by atoms with Crippen molar-refractivity contribution >= 4 is 53.0 Å². The SMILES string of the molecule is CCc1ccccc1P(=O)(O)C(=O)c1c(C)cc(C)c(C(=O)c2ccccc2)c1C.Cc1cc(C)c(C(=O)P(=O)(c2ccccc2)c2ccccc2)c(C)c1C(=O)c1ccccc1. The van der Waals surface area contributed by atoms with Gasteiger partial charge in [0.2, 0.25) is 12.7 Å². The summed E-state index contributed by atoms with van der Waals surface area (Å²) >= 11 is 0. The smallest absolute Gasteiger partial charge is 0.298 e. The molecule has 0 spiro atoms. The zero-order valence-electron chi connectivity index (χ0n) is 36.5. The monoisotopic (exact) mass is 872 g/mol. The van der Waals surface area contributed by atoms with Gasteiger partial charge in [-0.05, 0) is 93.0 Å². The van der Waals surface area contributed by atoms with E-state index in [4.69, 9.17) is 0 Å². The van der Waals surface area contributed by atoms with Crippen LogP contribution in [-0.4, -0.2) is 27.5 Å². The van der Waals surface area contributed by atoms with E-state index in [1.807, 2.05) is 70.2 Å². The van der Waals surface area contributed by atoms with Crippen molar-refractivity contribution < 1.29 is 33.2 Å². The van der Waals surface area contributed by atoms with Gasteiger partial charge in [-0.1, -0.05) is 159 Å². The van der Waals surface area contributed by atoms with Crippen LogP contribution in [0.2, 0.25) is 0 Å². The van der Waals surface area contributed by atoms with Crippen LogP contribution in [-0.2, 0) is 15.6 Å². The van der Waals surface area contributed by atoms with Crippen molar-refractivity contribution in [3.05, 3.63) is 230 Å². The average molecular weight is 873 g/mol. The van der Waals surface area contributed by atoms with Gasteiger partial charge in [0.15, 0.2) is 11.6 Å². The van der Waals surface area contributed by atoms with Gasteiger partial charge >= 0.3 is 0 Å². The molecule has 0 amide bonds. The fourth-order valence-corrected chi connectivity index (χ4v) is 12.8. The predicted octanol–water partition coefficient (Wildman–Crippen LogP) is 11.1. The Kier molecular flexibility index (Phi) is 14.2. The van der Waals surface area contributed by atoms with Crippen LogP contribution in [0.1, 0.15) is 98.4 Å².